The number of nitrogens with one attached hydrogen (secondary N) is 1. The van der Waals surface area contributed by atoms with Crippen molar-refractivity contribution in [3.05, 3.63) is 69.1 Å². The Kier molecular flexibility index (Phi) is 5.36. The maximum Gasteiger partial charge on any atom is 0.263 e. The summed E-state index contributed by atoms with van der Waals surface area (Å²) in [5, 5.41) is 2.97. The number of rotatable bonds is 6. The van der Waals surface area contributed by atoms with Crippen LogP contribution in [0.4, 0.5) is 0 Å². The quantitative estimate of drug-likeness (QED) is 0.839. The molecule has 2 aromatic rings. The second-order valence-electron chi connectivity index (χ2n) is 8.22. The molecule has 1 aromatic heterocycles. The number of likely N-dealkylation sites (tertiary alicyclic amines) is 1. The first-order valence-electron chi connectivity index (χ1n) is 10.3. The molecule has 2 aliphatic rings. The normalized spacial score (nSPS) is 19.7. The average molecular weight is 380 g/mol. The number of hydrogen-bond donors (Lipinski definition) is 1. The highest BCUT2D eigenvalue weighted by Crippen LogP contribution is 2.33. The van der Waals surface area contributed by atoms with Crippen molar-refractivity contribution < 1.29 is 4.79 Å². The van der Waals surface area contributed by atoms with Gasteiger partial charge in [-0.25, -0.2) is 0 Å². The van der Waals surface area contributed by atoms with Crippen LogP contribution in [0.5, 0.6) is 0 Å². The highest BCUT2D eigenvalue weighted by atomic mass is 16.2. The minimum atomic E-state index is -0.243. The zero-order valence-electron chi connectivity index (χ0n) is 16.8. The number of benzene rings is 1. The van der Waals surface area contributed by atoms with E-state index in [1.165, 1.54) is 11.1 Å². The van der Waals surface area contributed by atoms with Crippen molar-refractivity contribution in [3.8, 4) is 0 Å². The van der Waals surface area contributed by atoms with Crippen LogP contribution >= 0.6 is 0 Å². The van der Waals surface area contributed by atoms with E-state index in [1.54, 1.807) is 4.57 Å². The van der Waals surface area contributed by atoms with Crippen LogP contribution in [0.25, 0.3) is 0 Å². The van der Waals surface area contributed by atoms with Crippen LogP contribution in [0.15, 0.2) is 41.3 Å². The van der Waals surface area contributed by atoms with Crippen LogP contribution in [0.1, 0.15) is 58.3 Å². The Morgan fingerprint density at radius 2 is 1.89 bits per heavy atom. The first-order valence-corrected chi connectivity index (χ1v) is 10.3. The van der Waals surface area contributed by atoms with E-state index >= 15 is 0 Å². The lowest BCUT2D eigenvalue weighted by Gasteiger charge is -2.18. The molecule has 2 heterocycles. The molecule has 1 atom stereocenters. The van der Waals surface area contributed by atoms with Crippen molar-refractivity contribution in [2.24, 2.45) is 0 Å². The van der Waals surface area contributed by atoms with E-state index in [0.29, 0.717) is 18.0 Å². The van der Waals surface area contributed by atoms with Gasteiger partial charge in [-0.15, -0.1) is 0 Å². The van der Waals surface area contributed by atoms with Crippen LogP contribution < -0.4 is 10.9 Å². The largest absolute Gasteiger partial charge is 0.351 e. The Labute approximate surface area is 166 Å². The molecule has 1 saturated heterocycles. The first kappa shape index (κ1) is 18.9. The topological polar surface area (TPSA) is 54.3 Å². The van der Waals surface area contributed by atoms with Crippen LogP contribution in [0, 0.1) is 13.8 Å². The number of carbonyl (C=O) groups excluding carboxylic acids is 1. The summed E-state index contributed by atoms with van der Waals surface area (Å²) in [5.74, 6) is 0.325. The van der Waals surface area contributed by atoms with Crippen molar-refractivity contribution in [1.82, 2.24) is 14.8 Å². The Bertz CT molecular complexity index is 930. The Morgan fingerprint density at radius 3 is 2.64 bits per heavy atom. The lowest BCUT2D eigenvalue weighted by Crippen LogP contribution is -2.37. The molecule has 2 fully saturated rings. The molecule has 1 N–H and O–H groups in total. The zero-order valence-corrected chi connectivity index (χ0v) is 16.8. The first-order chi connectivity index (χ1) is 13.5. The molecule has 1 aliphatic carbocycles. The number of nitrogens with zero attached hydrogens (tertiary/aromatic N) is 2. The van der Waals surface area contributed by atoms with Gasteiger partial charge in [0.25, 0.3) is 11.5 Å². The summed E-state index contributed by atoms with van der Waals surface area (Å²) < 4.78 is 1.72. The number of aryl methyl sites for hydroxylation is 2. The monoisotopic (exact) mass is 379 g/mol. The number of hydrogen-bond acceptors (Lipinski definition) is 3. The Balaban J connectivity index is 1.33. The van der Waals surface area contributed by atoms with E-state index in [2.05, 4.69) is 41.4 Å². The summed E-state index contributed by atoms with van der Waals surface area (Å²) in [6, 6.07) is 10.8. The second kappa shape index (κ2) is 7.92. The maximum atomic E-state index is 12.7. The average Bonchev–Trinajstić information content (AvgIpc) is 3.40. The predicted molar refractivity (Wildman–Crippen MR) is 111 cm³/mol. The predicted octanol–water partition coefficient (Wildman–Crippen LogP) is 3.02. The van der Waals surface area contributed by atoms with E-state index in [4.69, 9.17) is 0 Å². The minimum Gasteiger partial charge on any atom is -0.351 e. The number of carbonyl (C=O) groups is 1. The summed E-state index contributed by atoms with van der Waals surface area (Å²) in [7, 11) is 0. The van der Waals surface area contributed by atoms with Gasteiger partial charge in [0.05, 0.1) is 0 Å². The van der Waals surface area contributed by atoms with Gasteiger partial charge < -0.3 is 14.8 Å². The third-order valence-corrected chi connectivity index (χ3v) is 6.11. The van der Waals surface area contributed by atoms with E-state index in [0.717, 1.165) is 44.5 Å². The van der Waals surface area contributed by atoms with E-state index in [9.17, 15) is 9.59 Å². The van der Waals surface area contributed by atoms with Crippen LogP contribution in [0.2, 0.25) is 0 Å². The fraction of sp³-hybridized carbons (Fsp3) is 0.478. The molecule has 4 rings (SSSR count). The Hall–Kier alpha value is -2.40. The maximum absolute atomic E-state index is 12.7. The van der Waals surface area contributed by atoms with Crippen LogP contribution in [-0.4, -0.2) is 41.6 Å². The van der Waals surface area contributed by atoms with Gasteiger partial charge in [-0.1, -0.05) is 24.3 Å². The lowest BCUT2D eigenvalue weighted by molar-refractivity contribution is 0.0947. The van der Waals surface area contributed by atoms with Crippen molar-refractivity contribution in [2.75, 3.05) is 26.2 Å². The fourth-order valence-electron chi connectivity index (χ4n) is 4.31. The lowest BCUT2D eigenvalue weighted by atomic mass is 9.94. The van der Waals surface area contributed by atoms with Gasteiger partial charge in [0.2, 0.25) is 0 Å². The zero-order chi connectivity index (χ0) is 19.7. The molecule has 1 aliphatic heterocycles. The molecule has 0 radical (unpaired) electrons. The molecule has 1 amide bonds. The molecule has 5 heteroatoms. The summed E-state index contributed by atoms with van der Waals surface area (Å²) >= 11 is 0. The molecule has 0 bridgehead atoms. The van der Waals surface area contributed by atoms with Crippen LogP contribution in [0.3, 0.4) is 0 Å². The van der Waals surface area contributed by atoms with E-state index in [-0.39, 0.29) is 17.5 Å². The van der Waals surface area contributed by atoms with Gasteiger partial charge in [-0.2, -0.15) is 0 Å². The molecular formula is C23H29N3O2. The van der Waals surface area contributed by atoms with Gasteiger partial charge >= 0.3 is 0 Å². The highest BCUT2D eigenvalue weighted by Gasteiger charge is 2.27. The molecule has 1 saturated carbocycles. The molecule has 28 heavy (non-hydrogen) atoms. The van der Waals surface area contributed by atoms with Gasteiger partial charge in [0.1, 0.15) is 5.56 Å². The summed E-state index contributed by atoms with van der Waals surface area (Å²) in [4.78, 5) is 27.7. The Morgan fingerprint density at radius 1 is 1.11 bits per heavy atom. The van der Waals surface area contributed by atoms with Gasteiger partial charge in [0.15, 0.2) is 0 Å². The third-order valence-electron chi connectivity index (χ3n) is 6.11. The van der Waals surface area contributed by atoms with Gasteiger partial charge in [0, 0.05) is 31.9 Å². The third kappa shape index (κ3) is 3.90. The smallest absolute Gasteiger partial charge is 0.263 e. The van der Waals surface area contributed by atoms with Gasteiger partial charge in [-0.05, 0) is 68.3 Å². The standard InChI is InChI=1S/C23H29N3O2/c1-16-5-3-4-6-20(16)18-10-12-25(15-18)14-11-24-22(27)21-17(2)9-13-26(23(21)28)19-7-8-19/h3-6,9,13,18-19H,7-8,10-12,14-15H2,1-2H3,(H,24,27). The minimum absolute atomic E-state index is 0.152. The van der Waals surface area contributed by atoms with Crippen LogP contribution in [-0.2, 0) is 0 Å². The summed E-state index contributed by atoms with van der Waals surface area (Å²) in [6.45, 7) is 7.47. The summed E-state index contributed by atoms with van der Waals surface area (Å²) in [5.41, 5.74) is 3.69. The molecular weight excluding hydrogens is 350 g/mol. The van der Waals surface area contributed by atoms with Gasteiger partial charge in [-0.3, -0.25) is 9.59 Å². The fourth-order valence-corrected chi connectivity index (χ4v) is 4.31. The van der Waals surface area contributed by atoms with Crippen molar-refractivity contribution in [2.45, 2.75) is 45.1 Å². The SMILES string of the molecule is Cc1ccccc1C1CCN(CCNC(=O)c2c(C)ccn(C3CC3)c2=O)C1. The second-order valence-corrected chi connectivity index (χ2v) is 8.22. The number of pyridine rings is 1. The van der Waals surface area contributed by atoms with Crippen molar-refractivity contribution in [3.63, 3.8) is 0 Å². The molecule has 1 unspecified atom stereocenters. The highest BCUT2D eigenvalue weighted by molar-refractivity contribution is 5.95. The number of amides is 1. The van der Waals surface area contributed by atoms with E-state index < -0.39 is 0 Å². The summed E-state index contributed by atoms with van der Waals surface area (Å²) in [6.07, 6.45) is 5.03. The van der Waals surface area contributed by atoms with Crippen molar-refractivity contribution in [1.29, 1.82) is 0 Å². The van der Waals surface area contributed by atoms with E-state index in [1.807, 2.05) is 19.2 Å². The molecule has 5 nitrogen and oxygen atoms in total. The van der Waals surface area contributed by atoms with Crippen molar-refractivity contribution >= 4 is 5.91 Å². The number of aromatic nitrogens is 1. The molecule has 1 aromatic carbocycles. The molecule has 148 valence electrons. The molecule has 0 spiro atoms.